The number of hydrogen-bond donors (Lipinski definition) is 0. The van der Waals surface area contributed by atoms with Gasteiger partial charge in [-0.05, 0) is 31.5 Å². The minimum atomic E-state index is -3.07. The molecular weight excluding hydrogens is 394 g/mol. The monoisotopic (exact) mass is 419 g/mol. The Bertz CT molecular complexity index is 900. The van der Waals surface area contributed by atoms with Crippen molar-refractivity contribution in [3.05, 3.63) is 60.2 Å². The summed E-state index contributed by atoms with van der Waals surface area (Å²) in [5.41, 5.74) is 1.81. The Kier molecular flexibility index (Phi) is 7.02. The average molecular weight is 420 g/mol. The summed E-state index contributed by atoms with van der Waals surface area (Å²) in [6, 6.07) is 16.9. The highest BCUT2D eigenvalue weighted by molar-refractivity contribution is 7.99. The Morgan fingerprint density at radius 1 is 1.14 bits per heavy atom. The van der Waals surface area contributed by atoms with Gasteiger partial charge < -0.3 is 9.64 Å². The van der Waals surface area contributed by atoms with E-state index in [1.807, 2.05) is 61.5 Å². The molecule has 150 valence electrons. The van der Waals surface area contributed by atoms with Crippen LogP contribution < -0.4 is 9.64 Å². The maximum absolute atomic E-state index is 13.0. The van der Waals surface area contributed by atoms with Gasteiger partial charge in [0.15, 0.2) is 9.84 Å². The van der Waals surface area contributed by atoms with Crippen LogP contribution in [0.1, 0.15) is 18.9 Å². The fourth-order valence-electron chi connectivity index (χ4n) is 3.36. The predicted octanol–water partition coefficient (Wildman–Crippen LogP) is 3.54. The van der Waals surface area contributed by atoms with Gasteiger partial charge in [0.25, 0.3) is 0 Å². The molecule has 1 saturated heterocycles. The van der Waals surface area contributed by atoms with Crippen LogP contribution in [0.25, 0.3) is 0 Å². The Hall–Kier alpha value is -1.99. The molecular formula is C21H25NO4S2. The van der Waals surface area contributed by atoms with Gasteiger partial charge in [-0.1, -0.05) is 36.4 Å². The van der Waals surface area contributed by atoms with Crippen molar-refractivity contribution in [2.24, 2.45) is 0 Å². The maximum atomic E-state index is 13.0. The molecule has 1 atom stereocenters. The molecule has 2 aromatic rings. The SMILES string of the molecule is CCOc1ccccc1CSCC(=O)N(c1ccccc1)[C@@H]1CCS(=O)(=O)C1. The van der Waals surface area contributed by atoms with E-state index in [4.69, 9.17) is 4.74 Å². The molecule has 0 spiro atoms. The van der Waals surface area contributed by atoms with Gasteiger partial charge in [0.1, 0.15) is 5.75 Å². The highest BCUT2D eigenvalue weighted by Gasteiger charge is 2.35. The second-order valence-electron chi connectivity index (χ2n) is 6.69. The number of hydrogen-bond acceptors (Lipinski definition) is 5. The van der Waals surface area contributed by atoms with E-state index in [0.717, 1.165) is 17.0 Å². The molecule has 1 fully saturated rings. The van der Waals surface area contributed by atoms with Crippen molar-refractivity contribution in [2.45, 2.75) is 25.1 Å². The Balaban J connectivity index is 1.69. The minimum Gasteiger partial charge on any atom is -0.494 e. The smallest absolute Gasteiger partial charge is 0.237 e. The standard InChI is InChI=1S/C21H25NO4S2/c1-2-26-20-11-7-6-8-17(20)14-27-15-21(23)22(18-9-4-3-5-10-18)19-12-13-28(24,25)16-19/h3-11,19H,2,12-16H2,1H3/t19-/m1/s1. The number of thioether (sulfide) groups is 1. The van der Waals surface area contributed by atoms with Gasteiger partial charge in [0, 0.05) is 17.0 Å². The van der Waals surface area contributed by atoms with Gasteiger partial charge in [0.2, 0.25) is 5.91 Å². The van der Waals surface area contributed by atoms with E-state index in [2.05, 4.69) is 0 Å². The van der Waals surface area contributed by atoms with Gasteiger partial charge in [0.05, 0.1) is 29.9 Å². The van der Waals surface area contributed by atoms with Crippen molar-refractivity contribution in [1.82, 2.24) is 0 Å². The number of para-hydroxylation sites is 2. The van der Waals surface area contributed by atoms with Crippen LogP contribution in [-0.4, -0.2) is 44.2 Å². The van der Waals surface area contributed by atoms with Gasteiger partial charge in [-0.2, -0.15) is 0 Å². The van der Waals surface area contributed by atoms with Crippen molar-refractivity contribution in [3.63, 3.8) is 0 Å². The first kappa shape index (κ1) is 20.7. The number of amides is 1. The largest absolute Gasteiger partial charge is 0.494 e. The summed E-state index contributed by atoms with van der Waals surface area (Å²) in [7, 11) is -3.07. The fourth-order valence-corrected chi connectivity index (χ4v) is 5.94. The number of rotatable bonds is 8. The average Bonchev–Trinajstić information content (AvgIpc) is 3.04. The molecule has 0 N–H and O–H groups in total. The number of anilines is 1. The third-order valence-electron chi connectivity index (χ3n) is 4.63. The first-order valence-corrected chi connectivity index (χ1v) is 12.3. The highest BCUT2D eigenvalue weighted by Crippen LogP contribution is 2.27. The number of sulfone groups is 1. The molecule has 1 heterocycles. The molecule has 0 bridgehead atoms. The molecule has 0 saturated carbocycles. The lowest BCUT2D eigenvalue weighted by atomic mass is 10.2. The Labute approximate surface area is 171 Å². The molecule has 0 aliphatic carbocycles. The van der Waals surface area contributed by atoms with Crippen LogP contribution in [0.5, 0.6) is 5.75 Å². The van der Waals surface area contributed by atoms with Crippen LogP contribution in [0.15, 0.2) is 54.6 Å². The lowest BCUT2D eigenvalue weighted by molar-refractivity contribution is -0.116. The molecule has 2 aromatic carbocycles. The van der Waals surface area contributed by atoms with E-state index in [0.29, 0.717) is 18.8 Å². The molecule has 0 unspecified atom stereocenters. The van der Waals surface area contributed by atoms with Crippen LogP contribution in [0.4, 0.5) is 5.69 Å². The Morgan fingerprint density at radius 3 is 2.54 bits per heavy atom. The lowest BCUT2D eigenvalue weighted by Gasteiger charge is -2.28. The second-order valence-corrected chi connectivity index (χ2v) is 9.90. The van der Waals surface area contributed by atoms with Crippen LogP contribution >= 0.6 is 11.8 Å². The van der Waals surface area contributed by atoms with E-state index in [9.17, 15) is 13.2 Å². The van der Waals surface area contributed by atoms with Crippen molar-refractivity contribution in [3.8, 4) is 5.75 Å². The van der Waals surface area contributed by atoms with Gasteiger partial charge in [-0.3, -0.25) is 4.79 Å². The number of benzene rings is 2. The van der Waals surface area contributed by atoms with E-state index < -0.39 is 9.84 Å². The Morgan fingerprint density at radius 2 is 1.86 bits per heavy atom. The topological polar surface area (TPSA) is 63.7 Å². The molecule has 5 nitrogen and oxygen atoms in total. The molecule has 0 aromatic heterocycles. The van der Waals surface area contributed by atoms with Crippen molar-refractivity contribution < 1.29 is 17.9 Å². The van der Waals surface area contributed by atoms with Gasteiger partial charge in [-0.25, -0.2) is 8.42 Å². The third kappa shape index (κ3) is 5.29. The summed E-state index contributed by atoms with van der Waals surface area (Å²) in [5.74, 6) is 1.90. The predicted molar refractivity (Wildman–Crippen MR) is 115 cm³/mol. The summed E-state index contributed by atoms with van der Waals surface area (Å²) in [6.07, 6.45) is 0.487. The zero-order valence-corrected chi connectivity index (χ0v) is 17.5. The van der Waals surface area contributed by atoms with E-state index in [-0.39, 0.29) is 29.2 Å². The summed E-state index contributed by atoms with van der Waals surface area (Å²) in [5, 5.41) is 0. The second kappa shape index (κ2) is 9.47. The zero-order chi connectivity index (χ0) is 20.0. The molecule has 7 heteroatoms. The number of carbonyl (C=O) groups excluding carboxylic acids is 1. The summed E-state index contributed by atoms with van der Waals surface area (Å²) < 4.78 is 29.5. The first-order valence-electron chi connectivity index (χ1n) is 9.36. The van der Waals surface area contributed by atoms with Crippen molar-refractivity contribution in [1.29, 1.82) is 0 Å². The molecule has 28 heavy (non-hydrogen) atoms. The minimum absolute atomic E-state index is 0.0332. The number of ether oxygens (including phenoxy) is 1. The normalized spacial score (nSPS) is 18.0. The van der Waals surface area contributed by atoms with E-state index in [1.165, 1.54) is 11.8 Å². The lowest BCUT2D eigenvalue weighted by Crippen LogP contribution is -2.42. The van der Waals surface area contributed by atoms with Crippen LogP contribution in [0, 0.1) is 0 Å². The molecule has 0 radical (unpaired) electrons. The molecule has 1 amide bonds. The van der Waals surface area contributed by atoms with Crippen molar-refractivity contribution >= 4 is 33.2 Å². The van der Waals surface area contributed by atoms with E-state index in [1.54, 1.807) is 4.90 Å². The van der Waals surface area contributed by atoms with Crippen LogP contribution in [0.2, 0.25) is 0 Å². The fraction of sp³-hybridized carbons (Fsp3) is 0.381. The summed E-state index contributed by atoms with van der Waals surface area (Å²) >= 11 is 1.52. The van der Waals surface area contributed by atoms with Gasteiger partial charge in [-0.15, -0.1) is 11.8 Å². The van der Waals surface area contributed by atoms with Crippen LogP contribution in [-0.2, 0) is 20.4 Å². The third-order valence-corrected chi connectivity index (χ3v) is 7.35. The zero-order valence-electron chi connectivity index (χ0n) is 15.9. The first-order chi connectivity index (χ1) is 13.5. The molecule has 1 aliphatic heterocycles. The van der Waals surface area contributed by atoms with Crippen molar-refractivity contribution in [2.75, 3.05) is 28.8 Å². The molecule has 1 aliphatic rings. The summed E-state index contributed by atoms with van der Waals surface area (Å²) in [4.78, 5) is 14.7. The maximum Gasteiger partial charge on any atom is 0.237 e. The highest BCUT2D eigenvalue weighted by atomic mass is 32.2. The van der Waals surface area contributed by atoms with E-state index >= 15 is 0 Å². The number of carbonyl (C=O) groups is 1. The quantitative estimate of drug-likeness (QED) is 0.655. The van der Waals surface area contributed by atoms with Gasteiger partial charge >= 0.3 is 0 Å². The molecule has 3 rings (SSSR count). The number of nitrogens with zero attached hydrogens (tertiary/aromatic N) is 1. The van der Waals surface area contributed by atoms with Crippen LogP contribution in [0.3, 0.4) is 0 Å². The summed E-state index contributed by atoms with van der Waals surface area (Å²) in [6.45, 7) is 2.54.